The Balaban J connectivity index is 2.26. The highest BCUT2D eigenvalue weighted by Gasteiger charge is 2.13. The third kappa shape index (κ3) is 9.18. The van der Waals surface area contributed by atoms with Crippen LogP contribution in [-0.2, 0) is 19.1 Å². The van der Waals surface area contributed by atoms with Gasteiger partial charge in [0, 0.05) is 25.9 Å². The molecule has 8 nitrogen and oxygen atoms in total. The predicted octanol–water partition coefficient (Wildman–Crippen LogP) is 1.89. The van der Waals surface area contributed by atoms with Crippen LogP contribution in [0.5, 0.6) is 0 Å². The largest absolute Gasteiger partial charge is 0.469 e. The van der Waals surface area contributed by atoms with Crippen molar-refractivity contribution in [1.82, 2.24) is 10.6 Å². The van der Waals surface area contributed by atoms with Crippen LogP contribution in [0.3, 0.4) is 0 Å². The summed E-state index contributed by atoms with van der Waals surface area (Å²) in [6, 6.07) is 3.22. The molecule has 0 radical (unpaired) electrons. The van der Waals surface area contributed by atoms with E-state index in [4.69, 9.17) is 0 Å². The number of nitrogens with one attached hydrogen (secondary N) is 2. The molecule has 2 N–H and O–H groups in total. The van der Waals surface area contributed by atoms with Gasteiger partial charge < -0.3 is 20.1 Å². The standard InChI is InChI=1S/C18H26N2O6S/c1-25-15(21)7-3-5-11-19-17(23)13-9-10-14(27-13)18(24)20-12-6-4-8-16(22)26-2/h9-10H,3-8,11-12H2,1-2H3,(H,19,23)(H,20,24). The van der Waals surface area contributed by atoms with Gasteiger partial charge in [-0.1, -0.05) is 0 Å². The molecule has 27 heavy (non-hydrogen) atoms. The molecule has 0 bridgehead atoms. The molecule has 9 heteroatoms. The molecule has 0 spiro atoms. The van der Waals surface area contributed by atoms with Gasteiger partial charge in [0.2, 0.25) is 0 Å². The monoisotopic (exact) mass is 398 g/mol. The third-order valence-corrected chi connectivity index (χ3v) is 4.78. The minimum absolute atomic E-state index is 0.241. The molecule has 1 aromatic heterocycles. The molecule has 0 aromatic carbocycles. The zero-order chi connectivity index (χ0) is 20.1. The second-order valence-electron chi connectivity index (χ2n) is 5.74. The summed E-state index contributed by atoms with van der Waals surface area (Å²) in [5.74, 6) is -1.01. The molecule has 0 aliphatic rings. The molecule has 1 rings (SSSR count). The van der Waals surface area contributed by atoms with Gasteiger partial charge in [0.25, 0.3) is 11.8 Å². The number of hydrogen-bond acceptors (Lipinski definition) is 7. The van der Waals surface area contributed by atoms with E-state index in [1.165, 1.54) is 14.2 Å². The van der Waals surface area contributed by atoms with Gasteiger partial charge in [-0.05, 0) is 37.8 Å². The second kappa shape index (κ2) is 12.9. The van der Waals surface area contributed by atoms with Gasteiger partial charge in [0.15, 0.2) is 0 Å². The summed E-state index contributed by atoms with van der Waals surface area (Å²) in [7, 11) is 2.69. The minimum Gasteiger partial charge on any atom is -0.469 e. The van der Waals surface area contributed by atoms with E-state index < -0.39 is 0 Å². The van der Waals surface area contributed by atoms with Crippen molar-refractivity contribution < 1.29 is 28.7 Å². The Morgan fingerprint density at radius 2 is 1.19 bits per heavy atom. The molecule has 0 aliphatic carbocycles. The summed E-state index contributed by atoms with van der Waals surface area (Å²) < 4.78 is 9.09. The van der Waals surface area contributed by atoms with Crippen LogP contribution >= 0.6 is 11.3 Å². The third-order valence-electron chi connectivity index (χ3n) is 3.70. The lowest BCUT2D eigenvalue weighted by atomic mass is 10.2. The van der Waals surface area contributed by atoms with Crippen LogP contribution in [0.4, 0.5) is 0 Å². The van der Waals surface area contributed by atoms with Gasteiger partial charge in [0.1, 0.15) is 0 Å². The quantitative estimate of drug-likeness (QED) is 0.411. The molecule has 0 saturated carbocycles. The number of unbranched alkanes of at least 4 members (excludes halogenated alkanes) is 2. The molecule has 2 amide bonds. The van der Waals surface area contributed by atoms with Gasteiger partial charge in [-0.2, -0.15) is 0 Å². The van der Waals surface area contributed by atoms with Crippen LogP contribution in [0, 0.1) is 0 Å². The number of esters is 2. The molecule has 0 saturated heterocycles. The van der Waals surface area contributed by atoms with E-state index in [2.05, 4.69) is 20.1 Å². The van der Waals surface area contributed by atoms with Crippen molar-refractivity contribution in [3.63, 3.8) is 0 Å². The van der Waals surface area contributed by atoms with Crippen molar-refractivity contribution in [2.75, 3.05) is 27.3 Å². The highest BCUT2D eigenvalue weighted by atomic mass is 32.1. The van der Waals surface area contributed by atoms with Crippen molar-refractivity contribution in [3.05, 3.63) is 21.9 Å². The summed E-state index contributed by atoms with van der Waals surface area (Å²) in [5.41, 5.74) is 0. The van der Waals surface area contributed by atoms with Gasteiger partial charge in [-0.15, -0.1) is 11.3 Å². The van der Waals surface area contributed by atoms with Crippen LogP contribution in [0.15, 0.2) is 12.1 Å². The number of carbonyl (C=O) groups is 4. The Morgan fingerprint density at radius 1 is 0.778 bits per heavy atom. The number of carbonyl (C=O) groups excluding carboxylic acids is 4. The fourth-order valence-electron chi connectivity index (χ4n) is 2.15. The van der Waals surface area contributed by atoms with E-state index in [0.29, 0.717) is 61.4 Å². The molecule has 1 aromatic rings. The van der Waals surface area contributed by atoms with E-state index in [9.17, 15) is 19.2 Å². The number of ether oxygens (including phenoxy) is 2. The summed E-state index contributed by atoms with van der Waals surface area (Å²) in [4.78, 5) is 47.0. The Kier molecular flexibility index (Phi) is 10.8. The topological polar surface area (TPSA) is 111 Å². The van der Waals surface area contributed by atoms with Crippen LogP contribution in [-0.4, -0.2) is 51.1 Å². The molecule has 0 atom stereocenters. The predicted molar refractivity (Wildman–Crippen MR) is 101 cm³/mol. The van der Waals surface area contributed by atoms with Gasteiger partial charge >= 0.3 is 11.9 Å². The summed E-state index contributed by atoms with van der Waals surface area (Å²) in [6.45, 7) is 0.908. The molecule has 0 aliphatic heterocycles. The summed E-state index contributed by atoms with van der Waals surface area (Å²) in [5, 5.41) is 5.53. The molecule has 1 heterocycles. The fourth-order valence-corrected chi connectivity index (χ4v) is 2.99. The molecular formula is C18H26N2O6S. The maximum atomic E-state index is 12.1. The first-order chi connectivity index (χ1) is 13.0. The minimum atomic E-state index is -0.263. The van der Waals surface area contributed by atoms with Gasteiger partial charge in [-0.3, -0.25) is 19.2 Å². The summed E-state index contributed by atoms with van der Waals surface area (Å²) >= 11 is 1.12. The smallest absolute Gasteiger partial charge is 0.305 e. The lowest BCUT2D eigenvalue weighted by molar-refractivity contribution is -0.141. The van der Waals surface area contributed by atoms with Gasteiger partial charge in [-0.25, -0.2) is 0 Å². The number of methoxy groups -OCH3 is 2. The normalized spacial score (nSPS) is 10.1. The van der Waals surface area contributed by atoms with E-state index in [1.807, 2.05) is 0 Å². The highest BCUT2D eigenvalue weighted by Crippen LogP contribution is 2.16. The Labute approximate surface area is 162 Å². The molecule has 0 unspecified atom stereocenters. The maximum Gasteiger partial charge on any atom is 0.305 e. The van der Waals surface area contributed by atoms with E-state index >= 15 is 0 Å². The lowest BCUT2D eigenvalue weighted by Crippen LogP contribution is -2.24. The Bertz CT molecular complexity index is 591. The number of amides is 2. The van der Waals surface area contributed by atoms with Crippen LogP contribution in [0.1, 0.15) is 57.9 Å². The number of hydrogen-bond donors (Lipinski definition) is 2. The average Bonchev–Trinajstić information content (AvgIpc) is 3.17. The summed E-state index contributed by atoms with van der Waals surface area (Å²) in [6.07, 6.45) is 3.28. The first-order valence-corrected chi connectivity index (χ1v) is 9.59. The van der Waals surface area contributed by atoms with Crippen LogP contribution in [0.2, 0.25) is 0 Å². The van der Waals surface area contributed by atoms with Crippen LogP contribution in [0.25, 0.3) is 0 Å². The fraction of sp³-hybridized carbons (Fsp3) is 0.556. The molecule has 150 valence electrons. The Morgan fingerprint density at radius 3 is 1.56 bits per heavy atom. The SMILES string of the molecule is COC(=O)CCCCNC(=O)c1ccc(C(=O)NCCCCC(=O)OC)s1. The van der Waals surface area contributed by atoms with E-state index in [-0.39, 0.29) is 23.8 Å². The van der Waals surface area contributed by atoms with Crippen molar-refractivity contribution in [3.8, 4) is 0 Å². The first kappa shape index (κ1) is 22.6. The Hall–Kier alpha value is -2.42. The lowest BCUT2D eigenvalue weighted by Gasteiger charge is -2.04. The van der Waals surface area contributed by atoms with Crippen molar-refractivity contribution in [2.24, 2.45) is 0 Å². The van der Waals surface area contributed by atoms with E-state index in [1.54, 1.807) is 12.1 Å². The average molecular weight is 398 g/mol. The first-order valence-electron chi connectivity index (χ1n) is 8.77. The number of rotatable bonds is 12. The van der Waals surface area contributed by atoms with Crippen molar-refractivity contribution in [1.29, 1.82) is 0 Å². The molecule has 0 fully saturated rings. The highest BCUT2D eigenvalue weighted by molar-refractivity contribution is 7.15. The van der Waals surface area contributed by atoms with Crippen molar-refractivity contribution >= 4 is 35.1 Å². The molecular weight excluding hydrogens is 372 g/mol. The van der Waals surface area contributed by atoms with E-state index in [0.717, 1.165) is 11.3 Å². The number of thiophene rings is 1. The maximum absolute atomic E-state index is 12.1. The van der Waals surface area contributed by atoms with Crippen molar-refractivity contribution in [2.45, 2.75) is 38.5 Å². The second-order valence-corrected chi connectivity index (χ2v) is 6.83. The van der Waals surface area contributed by atoms with Crippen LogP contribution < -0.4 is 10.6 Å². The zero-order valence-corrected chi connectivity index (χ0v) is 16.5. The van der Waals surface area contributed by atoms with Gasteiger partial charge in [0.05, 0.1) is 24.0 Å². The zero-order valence-electron chi connectivity index (χ0n) is 15.7.